The van der Waals surface area contributed by atoms with Gasteiger partial charge in [0, 0.05) is 31.5 Å². The first-order valence-electron chi connectivity index (χ1n) is 8.41. The Hall–Kier alpha value is -2.81. The fourth-order valence-electron chi connectivity index (χ4n) is 3.19. The van der Waals surface area contributed by atoms with Crippen molar-refractivity contribution in [3.63, 3.8) is 0 Å². The molecule has 130 valence electrons. The van der Waals surface area contributed by atoms with E-state index in [0.717, 1.165) is 48.7 Å². The Morgan fingerprint density at radius 3 is 2.92 bits per heavy atom. The molecule has 9 nitrogen and oxygen atoms in total. The van der Waals surface area contributed by atoms with E-state index in [1.807, 2.05) is 6.07 Å². The molecule has 4 rings (SSSR count). The molecule has 0 spiro atoms. The molecule has 1 saturated heterocycles. The van der Waals surface area contributed by atoms with Gasteiger partial charge in [0.1, 0.15) is 12.1 Å². The number of nitrogens with one attached hydrogen (secondary N) is 1. The zero-order valence-corrected chi connectivity index (χ0v) is 13.8. The van der Waals surface area contributed by atoms with E-state index in [1.165, 1.54) is 6.33 Å². The second-order valence-electron chi connectivity index (χ2n) is 6.03. The zero-order valence-electron chi connectivity index (χ0n) is 13.8. The number of fused-ring (bicyclic) bond motifs is 1. The summed E-state index contributed by atoms with van der Waals surface area (Å²) < 4.78 is 1.69. The minimum absolute atomic E-state index is 0.0260. The highest BCUT2D eigenvalue weighted by molar-refractivity contribution is 5.86. The van der Waals surface area contributed by atoms with Crippen molar-refractivity contribution in [3.05, 3.63) is 31.0 Å². The summed E-state index contributed by atoms with van der Waals surface area (Å²) in [5.41, 5.74) is 0.727. The van der Waals surface area contributed by atoms with Gasteiger partial charge in [-0.3, -0.25) is 0 Å². The van der Waals surface area contributed by atoms with Crippen LogP contribution in [0.5, 0.6) is 0 Å². The van der Waals surface area contributed by atoms with Crippen molar-refractivity contribution in [2.45, 2.75) is 25.4 Å². The number of hydrogen-bond donors (Lipinski definition) is 2. The van der Waals surface area contributed by atoms with Gasteiger partial charge < -0.3 is 15.3 Å². The lowest BCUT2D eigenvalue weighted by molar-refractivity contribution is 0.271. The molecule has 0 unspecified atom stereocenters. The molecule has 3 aromatic rings. The average Bonchev–Trinajstić information content (AvgIpc) is 3.07. The molecule has 0 saturated carbocycles. The summed E-state index contributed by atoms with van der Waals surface area (Å²) in [4.78, 5) is 19.5. The number of aliphatic hydroxyl groups excluding tert-OH is 1. The summed E-state index contributed by atoms with van der Waals surface area (Å²) in [6.45, 7) is 2.22. The molecule has 1 aliphatic rings. The Kier molecular flexibility index (Phi) is 4.38. The number of aliphatic hydroxyl groups is 1. The van der Waals surface area contributed by atoms with E-state index in [4.69, 9.17) is 5.11 Å². The fraction of sp³-hybridized carbons (Fsp3) is 0.438. The second kappa shape index (κ2) is 6.98. The van der Waals surface area contributed by atoms with Crippen LogP contribution in [0, 0.1) is 0 Å². The second-order valence-corrected chi connectivity index (χ2v) is 6.03. The maximum Gasteiger partial charge on any atom is 0.225 e. The van der Waals surface area contributed by atoms with Crippen molar-refractivity contribution < 1.29 is 5.11 Å². The summed E-state index contributed by atoms with van der Waals surface area (Å²) in [5.74, 6) is 1.53. The molecule has 0 aliphatic carbocycles. The Balaban J connectivity index is 1.53. The van der Waals surface area contributed by atoms with Gasteiger partial charge in [0.25, 0.3) is 0 Å². The molecular formula is C16H20N8O. The first-order chi connectivity index (χ1) is 12.3. The quantitative estimate of drug-likeness (QED) is 0.699. The van der Waals surface area contributed by atoms with Crippen LogP contribution >= 0.6 is 0 Å². The molecule has 2 N–H and O–H groups in total. The van der Waals surface area contributed by atoms with E-state index in [9.17, 15) is 0 Å². The van der Waals surface area contributed by atoms with Gasteiger partial charge in [0.15, 0.2) is 5.65 Å². The first kappa shape index (κ1) is 15.7. The minimum Gasteiger partial charge on any atom is -0.394 e. The Morgan fingerprint density at radius 2 is 2.08 bits per heavy atom. The van der Waals surface area contributed by atoms with Crippen LogP contribution < -0.4 is 10.2 Å². The fourth-order valence-corrected chi connectivity index (χ4v) is 3.19. The summed E-state index contributed by atoms with van der Waals surface area (Å²) in [5, 5.41) is 17.8. The van der Waals surface area contributed by atoms with Crippen LogP contribution in [-0.4, -0.2) is 60.6 Å². The van der Waals surface area contributed by atoms with Gasteiger partial charge in [-0.2, -0.15) is 5.10 Å². The van der Waals surface area contributed by atoms with E-state index in [1.54, 1.807) is 23.3 Å². The van der Waals surface area contributed by atoms with Gasteiger partial charge in [0.2, 0.25) is 5.95 Å². The van der Waals surface area contributed by atoms with E-state index < -0.39 is 0 Å². The average molecular weight is 340 g/mol. The van der Waals surface area contributed by atoms with Crippen molar-refractivity contribution in [3.8, 4) is 0 Å². The molecule has 9 heteroatoms. The highest BCUT2D eigenvalue weighted by atomic mass is 16.3. The molecule has 1 aliphatic heterocycles. The Labute approximate surface area is 144 Å². The largest absolute Gasteiger partial charge is 0.394 e. The highest BCUT2D eigenvalue weighted by Gasteiger charge is 2.22. The summed E-state index contributed by atoms with van der Waals surface area (Å²) in [6.07, 6.45) is 8.93. The van der Waals surface area contributed by atoms with Crippen LogP contribution in [0.2, 0.25) is 0 Å². The summed E-state index contributed by atoms with van der Waals surface area (Å²) in [7, 11) is 0. The van der Waals surface area contributed by atoms with Gasteiger partial charge in [-0.15, -0.1) is 0 Å². The monoisotopic (exact) mass is 340 g/mol. The third kappa shape index (κ3) is 3.22. The molecule has 0 aromatic carbocycles. The van der Waals surface area contributed by atoms with Crippen LogP contribution in [0.3, 0.4) is 0 Å². The van der Waals surface area contributed by atoms with Crippen LogP contribution in [0.4, 0.5) is 11.8 Å². The SMILES string of the molecule is OCCn1ncc2c(N[C@@H]3CCCN(c4ncccn4)C3)ncnc21. The van der Waals surface area contributed by atoms with E-state index in [0.29, 0.717) is 6.54 Å². The first-order valence-corrected chi connectivity index (χ1v) is 8.41. The van der Waals surface area contributed by atoms with Crippen molar-refractivity contribution in [2.24, 2.45) is 0 Å². The maximum absolute atomic E-state index is 9.13. The number of rotatable bonds is 5. The topological polar surface area (TPSA) is 105 Å². The molecule has 4 heterocycles. The van der Waals surface area contributed by atoms with Gasteiger partial charge >= 0.3 is 0 Å². The van der Waals surface area contributed by atoms with Crippen molar-refractivity contribution in [1.82, 2.24) is 29.7 Å². The van der Waals surface area contributed by atoms with Crippen LogP contribution in [0.25, 0.3) is 11.0 Å². The number of hydrogen-bond acceptors (Lipinski definition) is 8. The van der Waals surface area contributed by atoms with Gasteiger partial charge in [-0.05, 0) is 18.9 Å². The third-order valence-electron chi connectivity index (χ3n) is 4.34. The smallest absolute Gasteiger partial charge is 0.225 e. The molecule has 0 bridgehead atoms. The van der Waals surface area contributed by atoms with Crippen molar-refractivity contribution in [2.75, 3.05) is 29.9 Å². The van der Waals surface area contributed by atoms with E-state index >= 15 is 0 Å². The van der Waals surface area contributed by atoms with Crippen molar-refractivity contribution in [1.29, 1.82) is 0 Å². The third-order valence-corrected chi connectivity index (χ3v) is 4.34. The number of aromatic nitrogens is 6. The molecule has 0 amide bonds. The van der Waals surface area contributed by atoms with Gasteiger partial charge in [-0.25, -0.2) is 24.6 Å². The zero-order chi connectivity index (χ0) is 17.1. The molecule has 1 atom stereocenters. The normalized spacial score (nSPS) is 17.8. The Bertz CT molecular complexity index is 837. The summed E-state index contributed by atoms with van der Waals surface area (Å²) >= 11 is 0. The minimum atomic E-state index is 0.0260. The lowest BCUT2D eigenvalue weighted by Gasteiger charge is -2.33. The Morgan fingerprint density at radius 1 is 1.20 bits per heavy atom. The van der Waals surface area contributed by atoms with Gasteiger partial charge in [0.05, 0.1) is 24.7 Å². The van der Waals surface area contributed by atoms with E-state index in [2.05, 4.69) is 35.3 Å². The number of piperidine rings is 1. The predicted molar refractivity (Wildman–Crippen MR) is 93.3 cm³/mol. The lowest BCUT2D eigenvalue weighted by atomic mass is 10.1. The predicted octanol–water partition coefficient (Wildman–Crippen LogP) is 0.689. The standard InChI is InChI=1S/C16H20N8O/c25-8-7-24-15-13(9-21-24)14(19-11-20-15)22-12-3-1-6-23(10-12)16-17-4-2-5-18-16/h2,4-5,9,11-12,25H,1,3,6-8,10H2,(H,19,20,22)/t12-/m1/s1. The van der Waals surface area contributed by atoms with Crippen LogP contribution in [-0.2, 0) is 6.54 Å². The highest BCUT2D eigenvalue weighted by Crippen LogP contribution is 2.22. The lowest BCUT2D eigenvalue weighted by Crippen LogP contribution is -2.43. The molecule has 0 radical (unpaired) electrons. The summed E-state index contributed by atoms with van der Waals surface area (Å²) in [6, 6.07) is 2.07. The number of anilines is 2. The molecule has 25 heavy (non-hydrogen) atoms. The molecule has 3 aromatic heterocycles. The molecular weight excluding hydrogens is 320 g/mol. The van der Waals surface area contributed by atoms with Crippen LogP contribution in [0.1, 0.15) is 12.8 Å². The van der Waals surface area contributed by atoms with Crippen molar-refractivity contribution >= 4 is 22.8 Å². The van der Waals surface area contributed by atoms with Gasteiger partial charge in [-0.1, -0.05) is 0 Å². The number of nitrogens with zero attached hydrogens (tertiary/aromatic N) is 7. The van der Waals surface area contributed by atoms with E-state index in [-0.39, 0.29) is 12.6 Å². The molecule has 1 fully saturated rings. The van der Waals surface area contributed by atoms with Crippen LogP contribution in [0.15, 0.2) is 31.0 Å². The maximum atomic E-state index is 9.13.